The Labute approximate surface area is 125 Å². The number of anilines is 1. The SMILES string of the molecule is FC(F)(F)CN(c1ncc(CCl)c2ccccc12)C1CC1. The van der Waals surface area contributed by atoms with Crippen molar-refractivity contribution in [3.8, 4) is 0 Å². The van der Waals surface area contributed by atoms with Crippen LogP contribution in [0.3, 0.4) is 0 Å². The maximum absolute atomic E-state index is 12.8. The number of nitrogens with zero attached hydrogens (tertiary/aromatic N) is 2. The molecule has 112 valence electrons. The standard InChI is InChI=1S/C15H14ClF3N2/c16-7-10-8-20-14(13-4-2-1-3-12(10)13)21(11-5-6-11)9-15(17,18)19/h1-4,8,11H,5-7,9H2. The van der Waals surface area contributed by atoms with Crippen molar-refractivity contribution in [1.82, 2.24) is 4.98 Å². The molecule has 0 spiro atoms. The second-order valence-corrected chi connectivity index (χ2v) is 5.53. The van der Waals surface area contributed by atoms with Gasteiger partial charge in [-0.1, -0.05) is 24.3 Å². The van der Waals surface area contributed by atoms with E-state index < -0.39 is 12.7 Å². The van der Waals surface area contributed by atoms with Crippen molar-refractivity contribution in [3.05, 3.63) is 36.0 Å². The molecule has 0 aliphatic heterocycles. The molecule has 0 saturated heterocycles. The van der Waals surface area contributed by atoms with Crippen molar-refractivity contribution in [2.24, 2.45) is 0 Å². The molecule has 6 heteroatoms. The number of halogens is 4. The number of fused-ring (bicyclic) bond motifs is 1. The quantitative estimate of drug-likeness (QED) is 0.772. The topological polar surface area (TPSA) is 16.1 Å². The van der Waals surface area contributed by atoms with Gasteiger partial charge in [-0.25, -0.2) is 4.98 Å². The summed E-state index contributed by atoms with van der Waals surface area (Å²) in [5.74, 6) is 0.690. The predicted octanol–water partition coefficient (Wildman–Crippen LogP) is 4.50. The molecule has 0 radical (unpaired) electrons. The van der Waals surface area contributed by atoms with Crippen LogP contribution in [-0.2, 0) is 5.88 Å². The molecule has 1 fully saturated rings. The minimum absolute atomic E-state index is 0.0654. The van der Waals surface area contributed by atoms with Crippen LogP contribution in [-0.4, -0.2) is 23.7 Å². The lowest BCUT2D eigenvalue weighted by Crippen LogP contribution is -2.36. The van der Waals surface area contributed by atoms with Crippen molar-refractivity contribution >= 4 is 28.2 Å². The number of alkyl halides is 4. The monoisotopic (exact) mass is 314 g/mol. The summed E-state index contributed by atoms with van der Waals surface area (Å²) in [6.07, 6.45) is -1.10. The molecule has 1 aliphatic carbocycles. The Morgan fingerprint density at radius 3 is 2.43 bits per heavy atom. The Morgan fingerprint density at radius 1 is 1.19 bits per heavy atom. The van der Waals surface area contributed by atoms with Gasteiger partial charge in [0.15, 0.2) is 0 Å². The lowest BCUT2D eigenvalue weighted by Gasteiger charge is -2.26. The van der Waals surface area contributed by atoms with E-state index in [-0.39, 0.29) is 11.9 Å². The van der Waals surface area contributed by atoms with E-state index in [0.29, 0.717) is 5.82 Å². The molecule has 2 nitrogen and oxygen atoms in total. The van der Waals surface area contributed by atoms with Crippen LogP contribution in [0.15, 0.2) is 30.5 Å². The zero-order chi connectivity index (χ0) is 15.0. The maximum atomic E-state index is 12.8. The molecule has 0 atom stereocenters. The van der Waals surface area contributed by atoms with Gasteiger partial charge in [-0.15, -0.1) is 11.6 Å². The first-order valence-corrected chi connectivity index (χ1v) is 7.29. The first-order chi connectivity index (χ1) is 9.99. The van der Waals surface area contributed by atoms with Gasteiger partial charge in [-0.05, 0) is 23.8 Å². The van der Waals surface area contributed by atoms with Gasteiger partial charge in [-0.3, -0.25) is 0 Å². The molecule has 1 aromatic heterocycles. The molecule has 1 saturated carbocycles. The van der Waals surface area contributed by atoms with Gasteiger partial charge in [0.2, 0.25) is 0 Å². The first-order valence-electron chi connectivity index (χ1n) is 6.75. The fourth-order valence-corrected chi connectivity index (χ4v) is 2.74. The Bertz CT molecular complexity index is 653. The fourth-order valence-electron chi connectivity index (χ4n) is 2.53. The summed E-state index contributed by atoms with van der Waals surface area (Å²) in [5, 5.41) is 1.59. The molecule has 2 aromatic rings. The zero-order valence-electron chi connectivity index (χ0n) is 11.2. The molecular formula is C15H14ClF3N2. The number of benzene rings is 1. The number of rotatable bonds is 4. The summed E-state index contributed by atoms with van der Waals surface area (Å²) in [7, 11) is 0. The molecule has 0 unspecified atom stereocenters. The largest absolute Gasteiger partial charge is 0.405 e. The summed E-state index contributed by atoms with van der Waals surface area (Å²) < 4.78 is 38.5. The van der Waals surface area contributed by atoms with Crippen molar-refractivity contribution in [2.45, 2.75) is 30.9 Å². The highest BCUT2D eigenvalue weighted by Crippen LogP contribution is 2.37. The number of pyridine rings is 1. The Hall–Kier alpha value is -1.49. The third-order valence-electron chi connectivity index (χ3n) is 3.61. The molecule has 0 bridgehead atoms. The lowest BCUT2D eigenvalue weighted by atomic mass is 10.1. The minimum Gasteiger partial charge on any atom is -0.344 e. The van der Waals surface area contributed by atoms with Crippen molar-refractivity contribution in [3.63, 3.8) is 0 Å². The summed E-state index contributed by atoms with van der Waals surface area (Å²) in [6.45, 7) is -0.963. The van der Waals surface area contributed by atoms with Crippen LogP contribution in [0.1, 0.15) is 18.4 Å². The van der Waals surface area contributed by atoms with Gasteiger partial charge >= 0.3 is 6.18 Å². The van der Waals surface area contributed by atoms with E-state index in [1.807, 2.05) is 18.2 Å². The van der Waals surface area contributed by atoms with Crippen LogP contribution in [0.5, 0.6) is 0 Å². The molecule has 1 heterocycles. The Kier molecular flexibility index (Phi) is 3.69. The van der Waals surface area contributed by atoms with Gasteiger partial charge < -0.3 is 4.90 Å². The average molecular weight is 315 g/mol. The van der Waals surface area contributed by atoms with Crippen molar-refractivity contribution in [2.75, 3.05) is 11.4 Å². The molecule has 1 aliphatic rings. The van der Waals surface area contributed by atoms with Crippen LogP contribution in [0.25, 0.3) is 10.8 Å². The predicted molar refractivity (Wildman–Crippen MR) is 77.7 cm³/mol. The van der Waals surface area contributed by atoms with Crippen LogP contribution in [0.4, 0.5) is 19.0 Å². The minimum atomic E-state index is -4.24. The number of hydrogen-bond acceptors (Lipinski definition) is 2. The van der Waals surface area contributed by atoms with Gasteiger partial charge in [-0.2, -0.15) is 13.2 Å². The van der Waals surface area contributed by atoms with Crippen molar-refractivity contribution in [1.29, 1.82) is 0 Å². The van der Waals surface area contributed by atoms with Gasteiger partial charge in [0, 0.05) is 23.5 Å². The molecule has 21 heavy (non-hydrogen) atoms. The molecule has 0 amide bonds. The normalized spacial score (nSPS) is 15.4. The van der Waals surface area contributed by atoms with Crippen LogP contribution in [0.2, 0.25) is 0 Å². The van der Waals surface area contributed by atoms with Crippen LogP contribution < -0.4 is 4.90 Å². The fraction of sp³-hybridized carbons (Fsp3) is 0.400. The van der Waals surface area contributed by atoms with E-state index in [4.69, 9.17) is 11.6 Å². The van der Waals surface area contributed by atoms with Crippen LogP contribution in [0, 0.1) is 0 Å². The summed E-state index contributed by atoms with van der Waals surface area (Å²) in [5.41, 5.74) is 0.832. The summed E-state index contributed by atoms with van der Waals surface area (Å²) >= 11 is 5.89. The Morgan fingerprint density at radius 2 is 1.86 bits per heavy atom. The number of hydrogen-bond donors (Lipinski definition) is 0. The third kappa shape index (κ3) is 3.07. The molecular weight excluding hydrogens is 301 g/mol. The lowest BCUT2D eigenvalue weighted by molar-refractivity contribution is -0.120. The molecule has 0 N–H and O–H groups in total. The van der Waals surface area contributed by atoms with Crippen molar-refractivity contribution < 1.29 is 13.2 Å². The maximum Gasteiger partial charge on any atom is 0.405 e. The van der Waals surface area contributed by atoms with Gasteiger partial charge in [0.25, 0.3) is 0 Å². The van der Waals surface area contributed by atoms with E-state index in [1.54, 1.807) is 12.3 Å². The average Bonchev–Trinajstić information content (AvgIpc) is 3.27. The molecule has 3 rings (SSSR count). The second kappa shape index (κ2) is 5.37. The van der Waals surface area contributed by atoms with Gasteiger partial charge in [0.05, 0.1) is 0 Å². The van der Waals surface area contributed by atoms with E-state index in [1.165, 1.54) is 4.90 Å². The summed E-state index contributed by atoms with van der Waals surface area (Å²) in [6, 6.07) is 7.28. The smallest absolute Gasteiger partial charge is 0.344 e. The van der Waals surface area contributed by atoms with E-state index in [9.17, 15) is 13.2 Å². The van der Waals surface area contributed by atoms with Gasteiger partial charge in [0.1, 0.15) is 12.4 Å². The highest BCUT2D eigenvalue weighted by atomic mass is 35.5. The Balaban J connectivity index is 2.10. The zero-order valence-corrected chi connectivity index (χ0v) is 12.0. The third-order valence-corrected chi connectivity index (χ3v) is 3.90. The van der Waals surface area contributed by atoms with Crippen LogP contribution >= 0.6 is 11.6 Å². The second-order valence-electron chi connectivity index (χ2n) is 5.26. The van der Waals surface area contributed by atoms with E-state index >= 15 is 0 Å². The van der Waals surface area contributed by atoms with E-state index in [0.717, 1.165) is 29.2 Å². The highest BCUT2D eigenvalue weighted by molar-refractivity contribution is 6.18. The highest BCUT2D eigenvalue weighted by Gasteiger charge is 2.39. The summed E-state index contributed by atoms with van der Waals surface area (Å²) in [4.78, 5) is 5.64. The van der Waals surface area contributed by atoms with E-state index in [2.05, 4.69) is 4.98 Å². The molecule has 1 aromatic carbocycles. The number of aromatic nitrogens is 1. The first kappa shape index (κ1) is 14.4.